The van der Waals surface area contributed by atoms with Crippen LogP contribution in [-0.4, -0.2) is 22.3 Å². The number of hydrogen-bond donors (Lipinski definition) is 3. The van der Waals surface area contributed by atoms with Gasteiger partial charge in [-0.3, -0.25) is 10.1 Å². The van der Waals surface area contributed by atoms with Gasteiger partial charge in [0.05, 0.1) is 5.39 Å². The van der Waals surface area contributed by atoms with Crippen LogP contribution in [0.3, 0.4) is 0 Å². The molecule has 1 fully saturated rings. The molecule has 3 aromatic heterocycles. The number of ether oxygens (including phenoxy) is 1. The second-order valence-electron chi connectivity index (χ2n) is 8.40. The molecule has 10 nitrogen and oxygen atoms in total. The van der Waals surface area contributed by atoms with Crippen molar-refractivity contribution in [1.82, 2.24) is 5.16 Å². The molecule has 0 bridgehead atoms. The first-order valence-electron chi connectivity index (χ1n) is 10.8. The van der Waals surface area contributed by atoms with E-state index >= 15 is 0 Å². The van der Waals surface area contributed by atoms with Gasteiger partial charge >= 0.3 is 12.1 Å². The quantitative estimate of drug-likeness (QED) is 0.347. The molecule has 1 aliphatic rings. The van der Waals surface area contributed by atoms with Crippen molar-refractivity contribution in [2.24, 2.45) is 0 Å². The highest BCUT2D eigenvalue weighted by Crippen LogP contribution is 2.50. The molecular weight excluding hydrogens is 454 g/mol. The van der Waals surface area contributed by atoms with Gasteiger partial charge in [0.2, 0.25) is 5.88 Å². The molecule has 1 aliphatic carbocycles. The second kappa shape index (κ2) is 8.29. The molecule has 35 heavy (non-hydrogen) atoms. The molecule has 1 amide bonds. The van der Waals surface area contributed by atoms with Crippen molar-refractivity contribution in [2.75, 3.05) is 11.1 Å². The Bertz CT molecular complexity index is 1480. The Kier molecular flexibility index (Phi) is 5.25. The van der Waals surface area contributed by atoms with E-state index in [-0.39, 0.29) is 28.8 Å². The van der Waals surface area contributed by atoms with Crippen LogP contribution in [0.5, 0.6) is 0 Å². The lowest BCUT2D eigenvalue weighted by Gasteiger charge is -2.15. The summed E-state index contributed by atoms with van der Waals surface area (Å²) in [5.74, 6) is 5.28. The average Bonchev–Trinajstić information content (AvgIpc) is 3.25. The Labute approximate surface area is 199 Å². The predicted molar refractivity (Wildman–Crippen MR) is 124 cm³/mol. The van der Waals surface area contributed by atoms with Gasteiger partial charge < -0.3 is 28.9 Å². The first-order valence-corrected chi connectivity index (χ1v) is 10.8. The monoisotopic (exact) mass is 475 g/mol. The van der Waals surface area contributed by atoms with Crippen molar-refractivity contribution >= 4 is 34.8 Å². The number of aromatic nitrogens is 1. The van der Waals surface area contributed by atoms with Gasteiger partial charge in [0.15, 0.2) is 11.5 Å². The van der Waals surface area contributed by atoms with Crippen LogP contribution in [0.25, 0.3) is 11.2 Å². The van der Waals surface area contributed by atoms with Gasteiger partial charge in [0.1, 0.15) is 23.0 Å². The van der Waals surface area contributed by atoms with Gasteiger partial charge in [-0.2, -0.15) is 0 Å². The van der Waals surface area contributed by atoms with E-state index in [2.05, 4.69) is 22.3 Å². The van der Waals surface area contributed by atoms with Crippen LogP contribution in [0.15, 0.2) is 49.8 Å². The summed E-state index contributed by atoms with van der Waals surface area (Å²) in [4.78, 5) is 23.9. The number of carboxylic acids is 1. The van der Waals surface area contributed by atoms with E-state index in [0.717, 1.165) is 11.1 Å². The molecule has 1 atom stereocenters. The highest BCUT2D eigenvalue weighted by Gasteiger charge is 2.54. The number of furan rings is 2. The van der Waals surface area contributed by atoms with Gasteiger partial charge in [-0.05, 0) is 55.7 Å². The number of carbonyl (C=O) groups excluding carboxylic acids is 1. The summed E-state index contributed by atoms with van der Waals surface area (Å²) in [7, 11) is 0. The van der Waals surface area contributed by atoms with Crippen molar-refractivity contribution in [2.45, 2.75) is 38.2 Å². The minimum atomic E-state index is -0.961. The molecule has 178 valence electrons. The predicted octanol–water partition coefficient (Wildman–Crippen LogP) is 4.73. The summed E-state index contributed by atoms with van der Waals surface area (Å²) in [6.07, 6.45) is -0.179. The number of benzene rings is 1. The third kappa shape index (κ3) is 4.08. The largest absolute Gasteiger partial charge is 0.480 e. The number of carboxylic acid groups (broad SMARTS) is 1. The van der Waals surface area contributed by atoms with Crippen LogP contribution in [0, 0.1) is 18.8 Å². The number of nitrogens with one attached hydrogen (secondary N) is 1. The van der Waals surface area contributed by atoms with Gasteiger partial charge in [-0.15, -0.1) is 0 Å². The number of hydrogen-bond acceptors (Lipinski definition) is 8. The Hall–Kier alpha value is -4.65. The molecule has 0 saturated heterocycles. The molecule has 0 spiro atoms. The van der Waals surface area contributed by atoms with E-state index in [1.165, 1.54) is 0 Å². The van der Waals surface area contributed by atoms with Crippen LogP contribution in [0.2, 0.25) is 0 Å². The Balaban J connectivity index is 1.30. The molecule has 3 heterocycles. The number of carbonyl (C=O) groups is 2. The number of fused-ring (bicyclic) bond motifs is 1. The van der Waals surface area contributed by atoms with Crippen molar-refractivity contribution in [1.29, 1.82) is 0 Å². The highest BCUT2D eigenvalue weighted by atomic mass is 16.6. The van der Waals surface area contributed by atoms with Crippen molar-refractivity contribution in [3.05, 3.63) is 64.7 Å². The SMILES string of the molecule is Cc1ccccc1C(C)OC(=O)Nc1c(C#Cc2cc3cc(C4(C(=O)O)CC4)oc3o2)noc1N. The van der Waals surface area contributed by atoms with Crippen LogP contribution in [0.1, 0.15) is 54.2 Å². The minimum Gasteiger partial charge on any atom is -0.480 e. The zero-order chi connectivity index (χ0) is 24.7. The Morgan fingerprint density at radius 2 is 2.00 bits per heavy atom. The number of nitrogens with zero attached hydrogens (tertiary/aromatic N) is 1. The van der Waals surface area contributed by atoms with Crippen molar-refractivity contribution < 1.29 is 32.8 Å². The average molecular weight is 475 g/mol. The zero-order valence-electron chi connectivity index (χ0n) is 18.9. The standard InChI is InChI=1S/C25H21N3O7/c1-13-5-3-4-6-17(13)14(2)32-24(31)27-20-18(28-35-21(20)26)8-7-16-11-15-12-19(34-22(15)33-16)25(9-10-25)23(29)30/h3-6,11-12,14H,9-10,26H2,1-2H3,(H,27,31)(H,29,30). The van der Waals surface area contributed by atoms with Gasteiger partial charge in [0, 0.05) is 6.07 Å². The lowest BCUT2D eigenvalue weighted by atomic mass is 10.0. The summed E-state index contributed by atoms with van der Waals surface area (Å²) in [5.41, 5.74) is 6.88. The molecule has 1 aromatic carbocycles. The number of anilines is 2. The van der Waals surface area contributed by atoms with Crippen LogP contribution >= 0.6 is 0 Å². The number of aryl methyl sites for hydroxylation is 1. The zero-order valence-corrected chi connectivity index (χ0v) is 18.9. The number of rotatable bonds is 5. The summed E-state index contributed by atoms with van der Waals surface area (Å²) >= 11 is 0. The maximum absolute atomic E-state index is 12.5. The molecule has 5 rings (SSSR count). The van der Waals surface area contributed by atoms with Gasteiger partial charge in [0.25, 0.3) is 5.78 Å². The lowest BCUT2D eigenvalue weighted by Crippen LogP contribution is -2.18. The van der Waals surface area contributed by atoms with E-state index in [9.17, 15) is 14.7 Å². The van der Waals surface area contributed by atoms with Crippen LogP contribution in [-0.2, 0) is 14.9 Å². The highest BCUT2D eigenvalue weighted by molar-refractivity contribution is 5.90. The normalized spacial score (nSPS) is 14.7. The Morgan fingerprint density at radius 1 is 1.23 bits per heavy atom. The smallest absolute Gasteiger partial charge is 0.412 e. The summed E-state index contributed by atoms with van der Waals surface area (Å²) in [6.45, 7) is 3.69. The molecule has 0 aliphatic heterocycles. The number of amides is 1. The van der Waals surface area contributed by atoms with Crippen molar-refractivity contribution in [3.63, 3.8) is 0 Å². The first-order chi connectivity index (χ1) is 16.8. The molecule has 4 aromatic rings. The maximum atomic E-state index is 12.5. The molecular formula is C25H21N3O7. The van der Waals surface area contributed by atoms with E-state index in [4.69, 9.17) is 23.8 Å². The summed E-state index contributed by atoms with van der Waals surface area (Å²) < 4.78 is 21.6. The van der Waals surface area contributed by atoms with E-state index < -0.39 is 23.6 Å². The summed E-state index contributed by atoms with van der Waals surface area (Å²) in [5, 5.41) is 16.3. The van der Waals surface area contributed by atoms with Crippen LogP contribution < -0.4 is 11.1 Å². The van der Waals surface area contributed by atoms with Gasteiger partial charge in [-0.1, -0.05) is 29.4 Å². The maximum Gasteiger partial charge on any atom is 0.412 e. The fraction of sp³-hybridized carbons (Fsp3) is 0.240. The number of nitrogen functional groups attached to an aromatic ring is 1. The Morgan fingerprint density at radius 3 is 2.69 bits per heavy atom. The van der Waals surface area contributed by atoms with Gasteiger partial charge in [-0.25, -0.2) is 4.79 Å². The topological polar surface area (TPSA) is 154 Å². The minimum absolute atomic E-state index is 0.0779. The fourth-order valence-electron chi connectivity index (χ4n) is 3.86. The molecule has 1 unspecified atom stereocenters. The van der Waals surface area contributed by atoms with E-state index in [0.29, 0.717) is 24.0 Å². The fourth-order valence-corrected chi connectivity index (χ4v) is 3.86. The second-order valence-corrected chi connectivity index (χ2v) is 8.40. The number of nitrogens with two attached hydrogens (primary N) is 1. The molecule has 10 heteroatoms. The molecule has 0 radical (unpaired) electrons. The molecule has 4 N–H and O–H groups in total. The van der Waals surface area contributed by atoms with E-state index in [1.54, 1.807) is 19.1 Å². The van der Waals surface area contributed by atoms with Crippen molar-refractivity contribution in [3.8, 4) is 11.8 Å². The summed E-state index contributed by atoms with van der Waals surface area (Å²) in [6, 6.07) is 10.9. The third-order valence-corrected chi connectivity index (χ3v) is 6.01. The lowest BCUT2D eigenvalue weighted by molar-refractivity contribution is -0.140. The number of aliphatic carboxylic acids is 1. The first kappa shape index (κ1) is 22.2. The van der Waals surface area contributed by atoms with E-state index in [1.807, 2.05) is 31.2 Å². The van der Waals surface area contributed by atoms with Crippen LogP contribution in [0.4, 0.5) is 16.4 Å². The molecule has 1 saturated carbocycles. The third-order valence-electron chi connectivity index (χ3n) is 6.01.